The molecule has 0 radical (unpaired) electrons. The van der Waals surface area contributed by atoms with Crippen LogP contribution in [0, 0.1) is 6.57 Å². The smallest absolute Gasteiger partial charge is 0.194 e. The topological polar surface area (TPSA) is 79.2 Å². The zero-order valence-electron chi connectivity index (χ0n) is 41.6. The minimum atomic E-state index is 0.510. The minimum absolute atomic E-state index is 0.510. The molecular formula is C70H40N6O2. The predicted octanol–water partition coefficient (Wildman–Crippen LogP) is 18.8. The first-order chi connectivity index (χ1) is 38.6. The van der Waals surface area contributed by atoms with Crippen molar-refractivity contribution in [3.05, 3.63) is 254 Å². The van der Waals surface area contributed by atoms with Gasteiger partial charge in [0.25, 0.3) is 0 Å². The van der Waals surface area contributed by atoms with Crippen LogP contribution in [-0.2, 0) is 0 Å². The van der Waals surface area contributed by atoms with E-state index in [4.69, 9.17) is 30.4 Å². The molecule has 362 valence electrons. The molecule has 0 aliphatic heterocycles. The summed E-state index contributed by atoms with van der Waals surface area (Å²) < 4.78 is 18.2. The summed E-state index contributed by atoms with van der Waals surface area (Å²) in [6.07, 6.45) is 0. The van der Waals surface area contributed by atoms with Crippen LogP contribution in [0.25, 0.3) is 160 Å². The summed E-state index contributed by atoms with van der Waals surface area (Å²) in [4.78, 5) is 20.0. The third-order valence-corrected chi connectivity index (χ3v) is 15.4. The molecule has 0 aliphatic rings. The summed E-state index contributed by atoms with van der Waals surface area (Å²) in [7, 11) is 0. The maximum atomic E-state index is 8.24. The van der Waals surface area contributed by atoms with Crippen molar-refractivity contribution < 1.29 is 8.83 Å². The molecule has 16 aromatic rings. The third-order valence-electron chi connectivity index (χ3n) is 15.4. The molecule has 0 amide bonds. The normalized spacial score (nSPS) is 11.8. The van der Waals surface area contributed by atoms with Crippen molar-refractivity contribution in [2.75, 3.05) is 0 Å². The van der Waals surface area contributed by atoms with E-state index < -0.39 is 0 Å². The molecule has 0 saturated carbocycles. The Hall–Kier alpha value is -10.9. The van der Waals surface area contributed by atoms with Crippen molar-refractivity contribution in [3.8, 4) is 67.8 Å². The Kier molecular flexibility index (Phi) is 9.53. The van der Waals surface area contributed by atoms with E-state index in [1.54, 1.807) is 0 Å². The minimum Gasteiger partial charge on any atom is -0.455 e. The van der Waals surface area contributed by atoms with E-state index in [-0.39, 0.29) is 0 Å². The van der Waals surface area contributed by atoms with Gasteiger partial charge < -0.3 is 18.0 Å². The molecule has 0 spiro atoms. The van der Waals surface area contributed by atoms with Gasteiger partial charge in [0, 0.05) is 54.6 Å². The van der Waals surface area contributed by atoms with E-state index in [0.717, 1.165) is 138 Å². The predicted molar refractivity (Wildman–Crippen MR) is 317 cm³/mol. The van der Waals surface area contributed by atoms with Gasteiger partial charge in [-0.1, -0.05) is 170 Å². The molecular weight excluding hydrogens is 957 g/mol. The Bertz CT molecular complexity index is 5120. The molecule has 0 fully saturated rings. The molecule has 8 heteroatoms. The fourth-order valence-corrected chi connectivity index (χ4v) is 11.9. The van der Waals surface area contributed by atoms with E-state index in [0.29, 0.717) is 23.2 Å². The van der Waals surface area contributed by atoms with Crippen LogP contribution in [0.2, 0.25) is 0 Å². The largest absolute Gasteiger partial charge is 0.455 e. The standard InChI is InChI=1S/C70H40N6O2/c1-71-55-27-13-8-22-46(55)44-32-36-58(75-56-28-14-9-25-51(56)64-60(75)38-34-49-47-23-11-16-30-62(47)77-66(49)64)53(40-44)45-33-37-59(54(41-45)70-73-68(42-18-4-2-5-19-42)72-69(74-70)43-20-6-3-7-21-43)76-57-29-15-10-26-52(57)65-61(76)39-35-50-48-24-12-17-31-63(48)78-67(50)65/h2-41H. The first-order valence-electron chi connectivity index (χ1n) is 26.0. The highest BCUT2D eigenvalue weighted by atomic mass is 16.3. The van der Waals surface area contributed by atoms with E-state index in [1.165, 1.54) is 0 Å². The fraction of sp³-hybridized carbons (Fsp3) is 0. The van der Waals surface area contributed by atoms with Crippen molar-refractivity contribution >= 4 is 93.2 Å². The monoisotopic (exact) mass is 996 g/mol. The van der Waals surface area contributed by atoms with Crippen LogP contribution in [-0.4, -0.2) is 24.1 Å². The van der Waals surface area contributed by atoms with E-state index in [2.05, 4.69) is 147 Å². The summed E-state index contributed by atoms with van der Waals surface area (Å²) in [6.45, 7) is 8.24. The van der Waals surface area contributed by atoms with E-state index in [9.17, 15) is 0 Å². The molecule has 11 aromatic carbocycles. The van der Waals surface area contributed by atoms with Crippen LogP contribution in [0.5, 0.6) is 0 Å². The van der Waals surface area contributed by atoms with Gasteiger partial charge in [-0.05, 0) is 89.5 Å². The molecule has 0 aliphatic carbocycles. The summed E-state index contributed by atoms with van der Waals surface area (Å²) in [6, 6.07) is 83.7. The molecule has 5 heterocycles. The average Bonchev–Trinajstić information content (AvgIpc) is 4.41. The number of rotatable bonds is 7. The first-order valence-corrected chi connectivity index (χ1v) is 26.0. The molecule has 0 saturated heterocycles. The Labute approximate surface area is 445 Å². The lowest BCUT2D eigenvalue weighted by molar-refractivity contribution is 0.672. The van der Waals surface area contributed by atoms with Gasteiger partial charge in [-0.15, -0.1) is 0 Å². The summed E-state index contributed by atoms with van der Waals surface area (Å²) in [5.74, 6) is 1.63. The Balaban J connectivity index is 1.02. The van der Waals surface area contributed by atoms with Crippen molar-refractivity contribution in [3.63, 3.8) is 0 Å². The highest BCUT2D eigenvalue weighted by Gasteiger charge is 2.26. The van der Waals surface area contributed by atoms with E-state index in [1.807, 2.05) is 109 Å². The molecule has 78 heavy (non-hydrogen) atoms. The number of benzene rings is 11. The van der Waals surface area contributed by atoms with Gasteiger partial charge in [-0.3, -0.25) is 0 Å². The molecule has 5 aromatic heterocycles. The van der Waals surface area contributed by atoms with Crippen LogP contribution in [0.3, 0.4) is 0 Å². The Morgan fingerprint density at radius 1 is 0.321 bits per heavy atom. The second-order valence-electron chi connectivity index (χ2n) is 19.7. The molecule has 16 rings (SSSR count). The highest BCUT2D eigenvalue weighted by molar-refractivity contribution is 6.25. The second-order valence-corrected chi connectivity index (χ2v) is 19.7. The van der Waals surface area contributed by atoms with Crippen molar-refractivity contribution in [2.45, 2.75) is 0 Å². The van der Waals surface area contributed by atoms with Crippen molar-refractivity contribution in [1.82, 2.24) is 24.1 Å². The zero-order valence-corrected chi connectivity index (χ0v) is 41.6. The van der Waals surface area contributed by atoms with Gasteiger partial charge in [0.2, 0.25) is 0 Å². The van der Waals surface area contributed by atoms with Gasteiger partial charge in [-0.25, -0.2) is 19.8 Å². The number of hydrogen-bond acceptors (Lipinski definition) is 5. The van der Waals surface area contributed by atoms with Crippen LogP contribution in [0.4, 0.5) is 5.69 Å². The number of aromatic nitrogens is 5. The van der Waals surface area contributed by atoms with Gasteiger partial charge in [0.1, 0.15) is 22.3 Å². The Morgan fingerprint density at radius 2 is 0.756 bits per heavy atom. The second kappa shape index (κ2) is 17.1. The van der Waals surface area contributed by atoms with E-state index >= 15 is 0 Å². The van der Waals surface area contributed by atoms with Crippen LogP contribution >= 0.6 is 0 Å². The zero-order chi connectivity index (χ0) is 51.4. The number of nitrogens with zero attached hydrogens (tertiary/aromatic N) is 6. The lowest BCUT2D eigenvalue weighted by Gasteiger charge is -2.19. The third kappa shape index (κ3) is 6.55. The molecule has 0 atom stereocenters. The summed E-state index contributed by atoms with van der Waals surface area (Å²) in [5.41, 5.74) is 16.0. The number of hydrogen-bond donors (Lipinski definition) is 0. The summed E-state index contributed by atoms with van der Waals surface area (Å²) >= 11 is 0. The maximum Gasteiger partial charge on any atom is 0.194 e. The summed E-state index contributed by atoms with van der Waals surface area (Å²) in [5, 5.41) is 8.50. The molecule has 0 unspecified atom stereocenters. The quantitative estimate of drug-likeness (QED) is 0.149. The van der Waals surface area contributed by atoms with Crippen LogP contribution < -0.4 is 0 Å². The van der Waals surface area contributed by atoms with Crippen LogP contribution in [0.1, 0.15) is 0 Å². The van der Waals surface area contributed by atoms with Gasteiger partial charge >= 0.3 is 0 Å². The Morgan fingerprint density at radius 3 is 1.31 bits per heavy atom. The maximum absolute atomic E-state index is 8.24. The van der Waals surface area contributed by atoms with Gasteiger partial charge in [0.05, 0.1) is 50.8 Å². The lowest BCUT2D eigenvalue weighted by Crippen LogP contribution is -2.04. The SMILES string of the molecule is [C-]#[N+]c1ccccc1-c1ccc(-n2c3ccccc3c3c4oc5ccccc5c4ccc32)c(-c2ccc(-n3c4ccccc4c4c5oc6ccccc6c5ccc43)c(-c3nc(-c4ccccc4)nc(-c4ccccc4)n3)c2)c1. The van der Waals surface area contributed by atoms with Crippen molar-refractivity contribution in [1.29, 1.82) is 0 Å². The number of fused-ring (bicyclic) bond motifs is 14. The average molecular weight is 997 g/mol. The van der Waals surface area contributed by atoms with Crippen molar-refractivity contribution in [2.24, 2.45) is 0 Å². The molecule has 8 nitrogen and oxygen atoms in total. The lowest BCUT2D eigenvalue weighted by atomic mass is 9.94. The number of furan rings is 2. The number of para-hydroxylation sites is 5. The first kappa shape index (κ1) is 43.5. The van der Waals surface area contributed by atoms with Crippen LogP contribution in [0.15, 0.2) is 251 Å². The molecule has 0 N–H and O–H groups in total. The van der Waals surface area contributed by atoms with Gasteiger partial charge in [-0.2, -0.15) is 0 Å². The highest BCUT2D eigenvalue weighted by Crippen LogP contribution is 2.47. The molecule has 0 bridgehead atoms. The van der Waals surface area contributed by atoms with Gasteiger partial charge in [0.15, 0.2) is 23.2 Å². The fourth-order valence-electron chi connectivity index (χ4n) is 11.9.